The lowest BCUT2D eigenvalue weighted by Gasteiger charge is -2.25. The lowest BCUT2D eigenvalue weighted by Crippen LogP contribution is -2.35. The van der Waals surface area contributed by atoms with Gasteiger partial charge in [0.25, 0.3) is 0 Å². The van der Waals surface area contributed by atoms with Gasteiger partial charge in [-0.15, -0.1) is 0 Å². The summed E-state index contributed by atoms with van der Waals surface area (Å²) in [5, 5.41) is 13.3. The molecule has 4 nitrogen and oxygen atoms in total. The minimum absolute atomic E-state index is 0.524. The molecule has 0 spiro atoms. The Hall–Kier alpha value is -1.16. The number of rotatable bonds is 5. The molecular formula is C12H21N3O. The van der Waals surface area contributed by atoms with Crippen LogP contribution in [0.4, 0.5) is 5.82 Å². The first-order valence-corrected chi connectivity index (χ1v) is 5.77. The number of aliphatic hydroxyl groups is 1. The average Bonchev–Trinajstić information content (AvgIpc) is 2.25. The van der Waals surface area contributed by atoms with Gasteiger partial charge in [-0.05, 0) is 26.7 Å². The lowest BCUT2D eigenvalue weighted by atomic mass is 9.98. The molecule has 0 bridgehead atoms. The van der Waals surface area contributed by atoms with Crippen molar-refractivity contribution in [3.8, 4) is 0 Å². The summed E-state index contributed by atoms with van der Waals surface area (Å²) in [6.45, 7) is 8.30. The molecule has 16 heavy (non-hydrogen) atoms. The van der Waals surface area contributed by atoms with Gasteiger partial charge in [-0.25, -0.2) is 9.97 Å². The fourth-order valence-electron chi connectivity index (χ4n) is 1.56. The molecule has 1 rings (SSSR count). The summed E-state index contributed by atoms with van der Waals surface area (Å²) in [5.41, 5.74) is 0.291. The van der Waals surface area contributed by atoms with Gasteiger partial charge in [0, 0.05) is 18.3 Å². The smallest absolute Gasteiger partial charge is 0.130 e. The van der Waals surface area contributed by atoms with Crippen LogP contribution >= 0.6 is 0 Å². The maximum atomic E-state index is 10.1. The summed E-state index contributed by atoms with van der Waals surface area (Å²) in [5.74, 6) is 1.53. The van der Waals surface area contributed by atoms with Crippen LogP contribution < -0.4 is 5.32 Å². The Morgan fingerprint density at radius 3 is 2.38 bits per heavy atom. The van der Waals surface area contributed by atoms with Crippen LogP contribution in [-0.2, 0) is 0 Å². The molecule has 0 saturated carbocycles. The molecule has 0 aliphatic heterocycles. The van der Waals surface area contributed by atoms with Crippen LogP contribution in [0.1, 0.15) is 38.2 Å². The Morgan fingerprint density at radius 1 is 1.25 bits per heavy atom. The van der Waals surface area contributed by atoms with Gasteiger partial charge in [-0.3, -0.25) is 0 Å². The zero-order valence-electron chi connectivity index (χ0n) is 10.5. The Morgan fingerprint density at radius 2 is 1.88 bits per heavy atom. The molecule has 1 aromatic heterocycles. The predicted octanol–water partition coefficient (Wildman–Crippen LogP) is 2.06. The zero-order chi connectivity index (χ0) is 12.2. The van der Waals surface area contributed by atoms with Crippen molar-refractivity contribution in [3.05, 3.63) is 17.6 Å². The molecule has 0 saturated heterocycles. The summed E-state index contributed by atoms with van der Waals surface area (Å²) in [6.07, 6.45) is 1.47. The second kappa shape index (κ2) is 5.25. The van der Waals surface area contributed by atoms with Gasteiger partial charge in [-0.1, -0.05) is 13.8 Å². The van der Waals surface area contributed by atoms with Crippen molar-refractivity contribution >= 4 is 5.82 Å². The van der Waals surface area contributed by atoms with Crippen LogP contribution in [0.2, 0.25) is 0 Å². The topological polar surface area (TPSA) is 58.0 Å². The van der Waals surface area contributed by atoms with Crippen LogP contribution in [0.15, 0.2) is 6.07 Å². The highest BCUT2D eigenvalue weighted by Crippen LogP contribution is 2.15. The number of aryl methyl sites for hydroxylation is 2. The molecule has 2 N–H and O–H groups in total. The van der Waals surface area contributed by atoms with Crippen molar-refractivity contribution in [2.75, 3.05) is 11.9 Å². The number of nitrogens with zero attached hydrogens (tertiary/aromatic N) is 2. The highest BCUT2D eigenvalue weighted by molar-refractivity contribution is 5.36. The second-order valence-electron chi connectivity index (χ2n) is 4.23. The predicted molar refractivity (Wildman–Crippen MR) is 65.5 cm³/mol. The van der Waals surface area contributed by atoms with Gasteiger partial charge in [-0.2, -0.15) is 0 Å². The first kappa shape index (κ1) is 12.9. The summed E-state index contributed by atoms with van der Waals surface area (Å²) >= 11 is 0. The van der Waals surface area contributed by atoms with E-state index in [0.717, 1.165) is 30.2 Å². The number of anilines is 1. The van der Waals surface area contributed by atoms with Gasteiger partial charge in [0.1, 0.15) is 11.6 Å². The van der Waals surface area contributed by atoms with E-state index >= 15 is 0 Å². The van der Waals surface area contributed by atoms with E-state index in [0.29, 0.717) is 6.54 Å². The van der Waals surface area contributed by atoms with Crippen LogP contribution in [-0.4, -0.2) is 27.2 Å². The van der Waals surface area contributed by atoms with Gasteiger partial charge >= 0.3 is 0 Å². The lowest BCUT2D eigenvalue weighted by molar-refractivity contribution is 0.0456. The number of hydrogen-bond acceptors (Lipinski definition) is 4. The van der Waals surface area contributed by atoms with Crippen LogP contribution in [0.5, 0.6) is 0 Å². The van der Waals surface area contributed by atoms with Gasteiger partial charge in [0.05, 0.1) is 5.60 Å². The first-order valence-electron chi connectivity index (χ1n) is 5.77. The Balaban J connectivity index is 2.67. The van der Waals surface area contributed by atoms with E-state index in [1.807, 2.05) is 33.8 Å². The fraction of sp³-hybridized carbons (Fsp3) is 0.667. The largest absolute Gasteiger partial charge is 0.388 e. The van der Waals surface area contributed by atoms with E-state index in [9.17, 15) is 5.11 Å². The third-order valence-corrected chi connectivity index (χ3v) is 2.88. The van der Waals surface area contributed by atoms with E-state index in [4.69, 9.17) is 0 Å². The van der Waals surface area contributed by atoms with Crippen molar-refractivity contribution < 1.29 is 5.11 Å². The minimum Gasteiger partial charge on any atom is -0.388 e. The summed E-state index contributed by atoms with van der Waals surface area (Å²) < 4.78 is 0. The zero-order valence-corrected chi connectivity index (χ0v) is 10.5. The molecule has 4 heteroatoms. The van der Waals surface area contributed by atoms with Gasteiger partial charge in [0.15, 0.2) is 0 Å². The third-order valence-electron chi connectivity index (χ3n) is 2.88. The van der Waals surface area contributed by atoms with Crippen molar-refractivity contribution in [2.24, 2.45) is 0 Å². The average molecular weight is 223 g/mol. The molecule has 0 atom stereocenters. The minimum atomic E-state index is -0.646. The Bertz CT molecular complexity index is 328. The molecule has 0 amide bonds. The molecule has 0 aliphatic rings. The maximum Gasteiger partial charge on any atom is 0.130 e. The molecule has 0 radical (unpaired) electrons. The second-order valence-corrected chi connectivity index (χ2v) is 4.23. The Kier molecular flexibility index (Phi) is 4.24. The molecule has 0 fully saturated rings. The van der Waals surface area contributed by atoms with E-state index < -0.39 is 5.60 Å². The number of nitrogens with one attached hydrogen (secondary N) is 1. The molecule has 1 aromatic rings. The van der Waals surface area contributed by atoms with Crippen LogP contribution in [0, 0.1) is 13.8 Å². The third kappa shape index (κ3) is 3.45. The van der Waals surface area contributed by atoms with E-state index in [1.54, 1.807) is 0 Å². The molecule has 0 aromatic carbocycles. The summed E-state index contributed by atoms with van der Waals surface area (Å²) in [6, 6.07) is 1.89. The molecule has 0 unspecified atom stereocenters. The van der Waals surface area contributed by atoms with Crippen LogP contribution in [0.3, 0.4) is 0 Å². The maximum absolute atomic E-state index is 10.1. The molecule has 90 valence electrons. The normalized spacial score (nSPS) is 11.6. The molecule has 1 heterocycles. The quantitative estimate of drug-likeness (QED) is 0.802. The van der Waals surface area contributed by atoms with Crippen molar-refractivity contribution in [1.82, 2.24) is 9.97 Å². The SMILES string of the molecule is CCC(O)(CC)CNc1cc(C)nc(C)n1. The Labute approximate surface area is 97.1 Å². The van der Waals surface area contributed by atoms with Crippen molar-refractivity contribution in [1.29, 1.82) is 0 Å². The van der Waals surface area contributed by atoms with E-state index in [1.165, 1.54) is 0 Å². The number of aromatic nitrogens is 2. The highest BCUT2D eigenvalue weighted by atomic mass is 16.3. The van der Waals surface area contributed by atoms with Crippen LogP contribution in [0.25, 0.3) is 0 Å². The fourth-order valence-corrected chi connectivity index (χ4v) is 1.56. The standard InChI is InChI=1S/C12H21N3O/c1-5-12(16,6-2)8-13-11-7-9(3)14-10(4)15-11/h7,16H,5-6,8H2,1-4H3,(H,13,14,15). The highest BCUT2D eigenvalue weighted by Gasteiger charge is 2.21. The number of hydrogen-bond donors (Lipinski definition) is 2. The van der Waals surface area contributed by atoms with Crippen molar-refractivity contribution in [3.63, 3.8) is 0 Å². The van der Waals surface area contributed by atoms with Gasteiger partial charge in [0.2, 0.25) is 0 Å². The molecule has 0 aliphatic carbocycles. The van der Waals surface area contributed by atoms with Gasteiger partial charge < -0.3 is 10.4 Å². The van der Waals surface area contributed by atoms with E-state index in [2.05, 4.69) is 15.3 Å². The monoisotopic (exact) mass is 223 g/mol. The molecular weight excluding hydrogens is 202 g/mol. The summed E-state index contributed by atoms with van der Waals surface area (Å²) in [7, 11) is 0. The first-order chi connectivity index (χ1) is 7.49. The van der Waals surface area contributed by atoms with E-state index in [-0.39, 0.29) is 0 Å². The summed E-state index contributed by atoms with van der Waals surface area (Å²) in [4.78, 5) is 8.48. The van der Waals surface area contributed by atoms with Crippen molar-refractivity contribution in [2.45, 2.75) is 46.1 Å².